The molecule has 0 saturated heterocycles. The lowest BCUT2D eigenvalue weighted by Crippen LogP contribution is -2.36. The van der Waals surface area contributed by atoms with Gasteiger partial charge in [-0.2, -0.15) is 13.2 Å². The van der Waals surface area contributed by atoms with Crippen LogP contribution in [0.2, 0.25) is 0 Å². The number of carbonyl (C=O) groups excluding carboxylic acids is 1. The molecule has 0 aromatic heterocycles. The highest BCUT2D eigenvalue weighted by Gasteiger charge is 2.37. The van der Waals surface area contributed by atoms with Crippen LogP contribution in [-0.2, 0) is 4.79 Å². The lowest BCUT2D eigenvalue weighted by molar-refractivity contribution is -0.173. The van der Waals surface area contributed by atoms with E-state index in [4.69, 9.17) is 0 Å². The number of hydrogen-bond donors (Lipinski definition) is 1. The molecule has 0 radical (unpaired) electrons. The summed E-state index contributed by atoms with van der Waals surface area (Å²) >= 11 is 0. The van der Waals surface area contributed by atoms with Gasteiger partial charge in [-0.25, -0.2) is 0 Å². The molecular weight excluding hydrogens is 195 g/mol. The number of amides is 1. The van der Waals surface area contributed by atoms with Gasteiger partial charge in [0, 0.05) is 6.54 Å². The summed E-state index contributed by atoms with van der Waals surface area (Å²) in [6.45, 7) is 9.75. The van der Waals surface area contributed by atoms with E-state index < -0.39 is 12.1 Å². The molecule has 0 aliphatic carbocycles. The van der Waals surface area contributed by atoms with Gasteiger partial charge in [0.1, 0.15) is 0 Å². The second-order valence-electron chi connectivity index (χ2n) is 1.75. The molecular formula is C9H20F3NO. The zero-order valence-corrected chi connectivity index (χ0v) is 9.46. The van der Waals surface area contributed by atoms with Crippen molar-refractivity contribution in [2.75, 3.05) is 6.54 Å². The summed E-state index contributed by atoms with van der Waals surface area (Å²) in [7, 11) is 0. The zero-order chi connectivity index (χ0) is 12.2. The van der Waals surface area contributed by atoms with E-state index in [-0.39, 0.29) is 6.54 Å². The molecule has 0 spiro atoms. The highest BCUT2D eigenvalue weighted by Crippen LogP contribution is 2.13. The van der Waals surface area contributed by atoms with E-state index >= 15 is 0 Å². The maximum absolute atomic E-state index is 11.4. The van der Waals surface area contributed by atoms with Crippen molar-refractivity contribution in [3.05, 3.63) is 0 Å². The Bertz CT molecular complexity index is 124. The van der Waals surface area contributed by atoms with Crippen molar-refractivity contribution in [3.8, 4) is 0 Å². The summed E-state index contributed by atoms with van der Waals surface area (Å²) in [5.74, 6) is -1.87. The fraction of sp³-hybridized carbons (Fsp3) is 0.889. The molecule has 0 aliphatic rings. The number of rotatable bonds is 2. The fourth-order valence-electron chi connectivity index (χ4n) is 0.339. The van der Waals surface area contributed by atoms with Crippen LogP contribution in [0.25, 0.3) is 0 Å². The molecule has 0 fully saturated rings. The molecule has 5 heteroatoms. The molecule has 88 valence electrons. The molecule has 0 bridgehead atoms. The predicted molar refractivity (Wildman–Crippen MR) is 52.1 cm³/mol. The molecule has 14 heavy (non-hydrogen) atoms. The van der Waals surface area contributed by atoms with Crippen LogP contribution in [-0.4, -0.2) is 18.6 Å². The van der Waals surface area contributed by atoms with Crippen LogP contribution in [0.1, 0.15) is 41.0 Å². The van der Waals surface area contributed by atoms with Crippen LogP contribution >= 0.6 is 0 Å². The van der Waals surface area contributed by atoms with Crippen molar-refractivity contribution in [2.24, 2.45) is 0 Å². The van der Waals surface area contributed by atoms with E-state index in [2.05, 4.69) is 0 Å². The van der Waals surface area contributed by atoms with Crippen LogP contribution < -0.4 is 5.32 Å². The van der Waals surface area contributed by atoms with Crippen LogP contribution in [0.3, 0.4) is 0 Å². The highest BCUT2D eigenvalue weighted by atomic mass is 19.4. The van der Waals surface area contributed by atoms with E-state index in [9.17, 15) is 18.0 Å². The first-order valence-electron chi connectivity index (χ1n) is 4.83. The Balaban J connectivity index is -0.000000266. The van der Waals surface area contributed by atoms with E-state index in [1.807, 2.05) is 27.7 Å². The van der Waals surface area contributed by atoms with Crippen molar-refractivity contribution in [1.82, 2.24) is 5.32 Å². The minimum absolute atomic E-state index is 0.0678. The van der Waals surface area contributed by atoms with E-state index in [1.165, 1.54) is 0 Å². The van der Waals surface area contributed by atoms with Crippen LogP contribution in [0.4, 0.5) is 13.2 Å². The van der Waals surface area contributed by atoms with E-state index in [0.717, 1.165) is 0 Å². The number of carbonyl (C=O) groups is 1. The van der Waals surface area contributed by atoms with Gasteiger partial charge in [0.05, 0.1) is 0 Å². The van der Waals surface area contributed by atoms with Gasteiger partial charge in [-0.1, -0.05) is 34.6 Å². The largest absolute Gasteiger partial charge is 0.471 e. The van der Waals surface area contributed by atoms with Gasteiger partial charge in [-0.15, -0.1) is 0 Å². The van der Waals surface area contributed by atoms with Gasteiger partial charge in [0.25, 0.3) is 0 Å². The molecule has 1 amide bonds. The van der Waals surface area contributed by atoms with Crippen molar-refractivity contribution in [2.45, 2.75) is 47.2 Å². The molecule has 0 aromatic carbocycles. The first-order valence-corrected chi connectivity index (χ1v) is 4.83. The molecule has 1 N–H and O–H groups in total. The molecule has 0 saturated carbocycles. The number of halogens is 3. The van der Waals surface area contributed by atoms with Crippen LogP contribution in [0, 0.1) is 0 Å². The maximum Gasteiger partial charge on any atom is 0.471 e. The Morgan fingerprint density at radius 3 is 1.71 bits per heavy atom. The first kappa shape index (κ1) is 18.9. The third kappa shape index (κ3) is 13.8. The summed E-state index contributed by atoms with van der Waals surface area (Å²) < 4.78 is 34.1. The SMILES string of the molecule is CC.CC.CCCNC(=O)C(F)(F)F. The summed E-state index contributed by atoms with van der Waals surface area (Å²) in [4.78, 5) is 9.99. The summed E-state index contributed by atoms with van der Waals surface area (Å²) in [6, 6.07) is 0. The summed E-state index contributed by atoms with van der Waals surface area (Å²) in [5.41, 5.74) is 0. The monoisotopic (exact) mass is 215 g/mol. The Morgan fingerprint density at radius 2 is 1.50 bits per heavy atom. The van der Waals surface area contributed by atoms with Gasteiger partial charge in [0.15, 0.2) is 0 Å². The van der Waals surface area contributed by atoms with E-state index in [0.29, 0.717) is 6.42 Å². The van der Waals surface area contributed by atoms with Gasteiger partial charge in [-0.05, 0) is 6.42 Å². The quantitative estimate of drug-likeness (QED) is 0.753. The average molecular weight is 215 g/mol. The molecule has 0 heterocycles. The van der Waals surface area contributed by atoms with Gasteiger partial charge < -0.3 is 5.32 Å². The number of hydrogen-bond acceptors (Lipinski definition) is 1. The molecule has 0 atom stereocenters. The normalized spacial score (nSPS) is 8.86. The average Bonchev–Trinajstić information content (AvgIpc) is 2.19. The molecule has 0 unspecified atom stereocenters. The molecule has 0 aliphatic heterocycles. The minimum Gasteiger partial charge on any atom is -0.348 e. The van der Waals surface area contributed by atoms with Gasteiger partial charge >= 0.3 is 12.1 Å². The van der Waals surface area contributed by atoms with Crippen molar-refractivity contribution >= 4 is 5.91 Å². The standard InChI is InChI=1S/C5H8F3NO.2C2H6/c1-2-3-9-4(10)5(6,7)8;2*1-2/h2-3H2,1H3,(H,9,10);2*1-2H3. The Kier molecular flexibility index (Phi) is 16.6. The van der Waals surface area contributed by atoms with Gasteiger partial charge in [-0.3, -0.25) is 4.79 Å². The summed E-state index contributed by atoms with van der Waals surface area (Å²) in [5, 5.41) is 1.71. The lowest BCUT2D eigenvalue weighted by Gasteiger charge is -2.05. The maximum atomic E-state index is 11.4. The minimum atomic E-state index is -4.74. The topological polar surface area (TPSA) is 29.1 Å². The lowest BCUT2D eigenvalue weighted by atomic mass is 10.4. The highest BCUT2D eigenvalue weighted by molar-refractivity contribution is 5.81. The second kappa shape index (κ2) is 12.3. The second-order valence-corrected chi connectivity index (χ2v) is 1.75. The predicted octanol–water partition coefficient (Wildman–Crippen LogP) is 3.13. The smallest absolute Gasteiger partial charge is 0.348 e. The molecule has 0 rings (SSSR count). The van der Waals surface area contributed by atoms with E-state index in [1.54, 1.807) is 12.2 Å². The molecule has 0 aromatic rings. The molecule has 2 nitrogen and oxygen atoms in total. The van der Waals surface area contributed by atoms with Crippen LogP contribution in [0.5, 0.6) is 0 Å². The Morgan fingerprint density at radius 1 is 1.14 bits per heavy atom. The zero-order valence-electron chi connectivity index (χ0n) is 9.46. The fourth-order valence-corrected chi connectivity index (χ4v) is 0.339. The van der Waals surface area contributed by atoms with Gasteiger partial charge in [0.2, 0.25) is 0 Å². The number of nitrogens with one attached hydrogen (secondary N) is 1. The first-order chi connectivity index (χ1) is 6.48. The Labute approximate surface area is 83.9 Å². The van der Waals surface area contributed by atoms with Crippen molar-refractivity contribution < 1.29 is 18.0 Å². The Hall–Kier alpha value is -0.740. The third-order valence-electron chi connectivity index (χ3n) is 0.793. The van der Waals surface area contributed by atoms with Crippen molar-refractivity contribution in [1.29, 1.82) is 0 Å². The van der Waals surface area contributed by atoms with Crippen LogP contribution in [0.15, 0.2) is 0 Å². The summed E-state index contributed by atoms with van der Waals surface area (Å²) in [6.07, 6.45) is -4.24. The number of alkyl halides is 3. The third-order valence-corrected chi connectivity index (χ3v) is 0.793. The van der Waals surface area contributed by atoms with Crippen molar-refractivity contribution in [3.63, 3.8) is 0 Å².